The van der Waals surface area contributed by atoms with Crippen molar-refractivity contribution in [3.05, 3.63) is 59.9 Å². The van der Waals surface area contributed by atoms with Crippen LogP contribution in [0, 0.1) is 0 Å². The minimum Gasteiger partial charge on any atom is -0.382 e. The summed E-state index contributed by atoms with van der Waals surface area (Å²) in [6.07, 6.45) is 5.14. The lowest BCUT2D eigenvalue weighted by Crippen LogP contribution is -2.25. The van der Waals surface area contributed by atoms with Gasteiger partial charge in [-0.1, -0.05) is 25.1 Å². The molecule has 2 aromatic heterocycles. The number of hydrogen-bond acceptors (Lipinski definition) is 5. The van der Waals surface area contributed by atoms with Crippen LogP contribution in [-0.4, -0.2) is 40.1 Å². The number of nitrogens with zero attached hydrogens (tertiary/aromatic N) is 4. The number of imidazole rings is 1. The van der Waals surface area contributed by atoms with E-state index in [4.69, 9.17) is 10.7 Å². The molecule has 4 aromatic rings. The molecule has 3 heterocycles. The molecule has 0 radical (unpaired) electrons. The maximum Gasteiger partial charge on any atom is 0.251 e. The van der Waals surface area contributed by atoms with Crippen molar-refractivity contribution in [1.82, 2.24) is 19.9 Å². The highest BCUT2D eigenvalue weighted by atomic mass is 16.1. The smallest absolute Gasteiger partial charge is 0.251 e. The average molecular weight is 457 g/mol. The second-order valence-corrected chi connectivity index (χ2v) is 8.95. The van der Waals surface area contributed by atoms with Gasteiger partial charge >= 0.3 is 0 Å². The third kappa shape index (κ3) is 4.30. The van der Waals surface area contributed by atoms with Crippen molar-refractivity contribution in [3.63, 3.8) is 0 Å². The van der Waals surface area contributed by atoms with Crippen LogP contribution in [0.25, 0.3) is 21.9 Å². The number of carbonyl (C=O) groups excluding carboxylic acids is 1. The Morgan fingerprint density at radius 3 is 2.56 bits per heavy atom. The summed E-state index contributed by atoms with van der Waals surface area (Å²) in [5, 5.41) is 4.14. The summed E-state index contributed by atoms with van der Waals surface area (Å²) in [4.78, 5) is 24.3. The third-order valence-corrected chi connectivity index (χ3v) is 6.70. The summed E-state index contributed by atoms with van der Waals surface area (Å²) in [6.45, 7) is 5.80. The standard InChI is InChI=1S/C27H32N6O/c1-2-23-31-24-25(21-9-3-4-10-22(21)30-26(24)28)33(23)18-6-5-15-29-27(34)19-11-13-20(14-12-19)32-16-7-8-17-32/h3-4,9-14H,2,5-8,15-18H2,1H3,(H2,28,30)(H,29,34). The van der Waals surface area contributed by atoms with E-state index < -0.39 is 0 Å². The molecule has 1 amide bonds. The van der Waals surface area contributed by atoms with Crippen molar-refractivity contribution >= 4 is 39.3 Å². The average Bonchev–Trinajstić information content (AvgIpc) is 3.53. The number of para-hydroxylation sites is 1. The number of anilines is 2. The number of hydrogen-bond donors (Lipinski definition) is 2. The maximum absolute atomic E-state index is 12.6. The molecule has 0 aliphatic carbocycles. The summed E-state index contributed by atoms with van der Waals surface area (Å²) >= 11 is 0. The molecule has 1 aliphatic heterocycles. The topological polar surface area (TPSA) is 89.1 Å². The predicted octanol–water partition coefficient (Wildman–Crippen LogP) is 4.54. The number of benzene rings is 2. The van der Waals surface area contributed by atoms with Crippen LogP contribution in [0.4, 0.5) is 11.5 Å². The van der Waals surface area contributed by atoms with Gasteiger partial charge in [0.2, 0.25) is 0 Å². The van der Waals surface area contributed by atoms with Crippen LogP contribution in [-0.2, 0) is 13.0 Å². The SMILES string of the molecule is CCc1nc2c(N)nc3ccccc3c2n1CCCCNC(=O)c1ccc(N2CCCC2)cc1. The summed E-state index contributed by atoms with van der Waals surface area (Å²) in [5.41, 5.74) is 10.9. The first kappa shape index (κ1) is 22.2. The normalized spacial score (nSPS) is 13.7. The van der Waals surface area contributed by atoms with Gasteiger partial charge in [-0.3, -0.25) is 4.79 Å². The first-order valence-corrected chi connectivity index (χ1v) is 12.3. The van der Waals surface area contributed by atoms with Gasteiger partial charge in [0.15, 0.2) is 5.82 Å². The van der Waals surface area contributed by atoms with Crippen LogP contribution >= 0.6 is 0 Å². The number of nitrogen functional groups attached to an aromatic ring is 1. The number of nitrogens with two attached hydrogens (primary N) is 1. The van der Waals surface area contributed by atoms with E-state index in [0.717, 1.165) is 66.7 Å². The molecule has 176 valence electrons. The van der Waals surface area contributed by atoms with Crippen LogP contribution in [0.2, 0.25) is 0 Å². The Bertz CT molecular complexity index is 1300. The molecule has 0 atom stereocenters. The number of unbranched alkanes of at least 4 members (excludes halogenated alkanes) is 1. The highest BCUT2D eigenvalue weighted by Crippen LogP contribution is 2.29. The Kier molecular flexibility index (Phi) is 6.34. The quantitative estimate of drug-likeness (QED) is 0.380. The lowest BCUT2D eigenvalue weighted by Gasteiger charge is -2.17. The molecule has 1 aliphatic rings. The number of nitrogens with one attached hydrogen (secondary N) is 1. The minimum atomic E-state index is -0.0138. The molecule has 7 nitrogen and oxygen atoms in total. The van der Waals surface area contributed by atoms with Gasteiger partial charge < -0.3 is 20.5 Å². The van der Waals surface area contributed by atoms with Crippen molar-refractivity contribution in [1.29, 1.82) is 0 Å². The predicted molar refractivity (Wildman–Crippen MR) is 138 cm³/mol. The number of rotatable bonds is 8. The Hall–Kier alpha value is -3.61. The number of fused-ring (bicyclic) bond motifs is 3. The maximum atomic E-state index is 12.6. The third-order valence-electron chi connectivity index (χ3n) is 6.70. The Morgan fingerprint density at radius 2 is 1.79 bits per heavy atom. The summed E-state index contributed by atoms with van der Waals surface area (Å²) < 4.78 is 2.27. The second kappa shape index (κ2) is 9.71. The van der Waals surface area contributed by atoms with Crippen molar-refractivity contribution < 1.29 is 4.79 Å². The van der Waals surface area contributed by atoms with E-state index in [-0.39, 0.29) is 5.91 Å². The van der Waals surface area contributed by atoms with E-state index in [1.165, 1.54) is 18.5 Å². The van der Waals surface area contributed by atoms with Gasteiger partial charge in [0, 0.05) is 49.2 Å². The molecule has 0 saturated carbocycles. The summed E-state index contributed by atoms with van der Waals surface area (Å²) in [6, 6.07) is 16.0. The molecular formula is C27H32N6O. The largest absolute Gasteiger partial charge is 0.382 e. The zero-order valence-corrected chi connectivity index (χ0v) is 19.8. The van der Waals surface area contributed by atoms with Gasteiger partial charge in [0.05, 0.1) is 11.0 Å². The highest BCUT2D eigenvalue weighted by Gasteiger charge is 2.16. The number of pyridine rings is 1. The number of aryl methyl sites for hydroxylation is 2. The van der Waals surface area contributed by atoms with Gasteiger partial charge in [-0.25, -0.2) is 9.97 Å². The van der Waals surface area contributed by atoms with Gasteiger partial charge in [-0.15, -0.1) is 0 Å². The molecule has 0 bridgehead atoms. The van der Waals surface area contributed by atoms with Gasteiger partial charge in [0.25, 0.3) is 5.91 Å². The molecule has 7 heteroatoms. The fraction of sp³-hybridized carbons (Fsp3) is 0.370. The number of amides is 1. The summed E-state index contributed by atoms with van der Waals surface area (Å²) in [7, 11) is 0. The first-order chi connectivity index (χ1) is 16.7. The molecular weight excluding hydrogens is 424 g/mol. The molecule has 0 spiro atoms. The summed E-state index contributed by atoms with van der Waals surface area (Å²) in [5.74, 6) is 1.48. The van der Waals surface area contributed by atoms with Crippen molar-refractivity contribution in [2.24, 2.45) is 0 Å². The lowest BCUT2D eigenvalue weighted by molar-refractivity contribution is 0.0953. The van der Waals surface area contributed by atoms with E-state index in [9.17, 15) is 4.79 Å². The monoisotopic (exact) mass is 456 g/mol. The van der Waals surface area contributed by atoms with Crippen LogP contribution in [0.1, 0.15) is 48.8 Å². The zero-order valence-electron chi connectivity index (χ0n) is 19.8. The van der Waals surface area contributed by atoms with Gasteiger partial charge in [0.1, 0.15) is 11.3 Å². The molecule has 3 N–H and O–H groups in total. The second-order valence-electron chi connectivity index (χ2n) is 8.95. The van der Waals surface area contributed by atoms with E-state index in [1.54, 1.807) is 0 Å². The molecule has 1 saturated heterocycles. The van der Waals surface area contributed by atoms with E-state index in [0.29, 0.717) is 17.9 Å². The molecule has 1 fully saturated rings. The fourth-order valence-electron chi connectivity index (χ4n) is 4.91. The van der Waals surface area contributed by atoms with Crippen molar-refractivity contribution in [2.75, 3.05) is 30.3 Å². The van der Waals surface area contributed by atoms with Crippen molar-refractivity contribution in [3.8, 4) is 0 Å². The van der Waals surface area contributed by atoms with Crippen LogP contribution < -0.4 is 16.0 Å². The van der Waals surface area contributed by atoms with Crippen molar-refractivity contribution in [2.45, 2.75) is 45.6 Å². The van der Waals surface area contributed by atoms with E-state index >= 15 is 0 Å². The van der Waals surface area contributed by atoms with Crippen LogP contribution in [0.3, 0.4) is 0 Å². The fourth-order valence-corrected chi connectivity index (χ4v) is 4.91. The Morgan fingerprint density at radius 1 is 1.03 bits per heavy atom. The number of carbonyl (C=O) groups is 1. The minimum absolute atomic E-state index is 0.0138. The molecule has 0 unspecified atom stereocenters. The Balaban J connectivity index is 1.21. The van der Waals surface area contributed by atoms with E-state index in [1.807, 2.05) is 30.3 Å². The molecule has 34 heavy (non-hydrogen) atoms. The Labute approximate surface area is 200 Å². The van der Waals surface area contributed by atoms with Crippen LogP contribution in [0.5, 0.6) is 0 Å². The van der Waals surface area contributed by atoms with Crippen LogP contribution in [0.15, 0.2) is 48.5 Å². The molecule has 2 aromatic carbocycles. The first-order valence-electron chi connectivity index (χ1n) is 12.3. The zero-order chi connectivity index (χ0) is 23.5. The molecule has 5 rings (SSSR count). The highest BCUT2D eigenvalue weighted by molar-refractivity contribution is 6.06. The van der Waals surface area contributed by atoms with Gasteiger partial charge in [-0.2, -0.15) is 0 Å². The van der Waals surface area contributed by atoms with E-state index in [2.05, 4.69) is 44.9 Å². The lowest BCUT2D eigenvalue weighted by atomic mass is 10.1. The number of aromatic nitrogens is 3. The van der Waals surface area contributed by atoms with Gasteiger partial charge in [-0.05, 0) is 56.0 Å².